The number of anilines is 1. The summed E-state index contributed by atoms with van der Waals surface area (Å²) in [6.07, 6.45) is 1.03. The topological polar surface area (TPSA) is 66.5 Å². The number of rotatable bonds is 5. The first-order valence-corrected chi connectivity index (χ1v) is 8.12. The highest BCUT2D eigenvalue weighted by atomic mass is 35.5. The smallest absolute Gasteiger partial charge is 0.256 e. The lowest BCUT2D eigenvalue weighted by molar-refractivity contribution is 0.0774. The van der Waals surface area contributed by atoms with Gasteiger partial charge in [0.25, 0.3) is 5.91 Å². The Kier molecular flexibility index (Phi) is 5.20. The van der Waals surface area contributed by atoms with Gasteiger partial charge in [-0.1, -0.05) is 11.6 Å². The fourth-order valence-corrected chi connectivity index (χ4v) is 2.41. The molecule has 19 heavy (non-hydrogen) atoms. The van der Waals surface area contributed by atoms with Gasteiger partial charge in [-0.25, -0.2) is 8.42 Å². The minimum atomic E-state index is -3.45. The van der Waals surface area contributed by atoms with E-state index >= 15 is 0 Å². The number of nitrogens with zero attached hydrogens (tertiary/aromatic N) is 1. The lowest BCUT2D eigenvalue weighted by atomic mass is 10.1. The number of hydrogen-bond acceptors (Lipinski definition) is 3. The molecule has 1 amide bonds. The van der Waals surface area contributed by atoms with Crippen molar-refractivity contribution >= 4 is 33.2 Å². The van der Waals surface area contributed by atoms with Gasteiger partial charge in [0.15, 0.2) is 0 Å². The molecule has 106 valence electrons. The molecule has 0 aromatic heterocycles. The van der Waals surface area contributed by atoms with Crippen LogP contribution >= 0.6 is 11.6 Å². The average Bonchev–Trinajstić information content (AvgIpc) is 2.31. The summed E-state index contributed by atoms with van der Waals surface area (Å²) in [7, 11) is -3.45. The van der Waals surface area contributed by atoms with Crippen LogP contribution in [0.5, 0.6) is 0 Å². The lowest BCUT2D eigenvalue weighted by Gasteiger charge is -2.20. The maximum Gasteiger partial charge on any atom is 0.256 e. The van der Waals surface area contributed by atoms with Crippen LogP contribution in [-0.4, -0.2) is 38.6 Å². The molecule has 1 N–H and O–H groups in total. The highest BCUT2D eigenvalue weighted by molar-refractivity contribution is 7.92. The molecule has 0 atom stereocenters. The molecule has 0 radical (unpaired) electrons. The normalized spacial score (nSPS) is 11.2. The van der Waals surface area contributed by atoms with Crippen LogP contribution in [0.25, 0.3) is 0 Å². The van der Waals surface area contributed by atoms with Crippen LogP contribution in [0.1, 0.15) is 24.2 Å². The number of amides is 1. The number of carbonyl (C=O) groups excluding carboxylic acids is 1. The molecule has 1 aromatic rings. The van der Waals surface area contributed by atoms with E-state index in [0.717, 1.165) is 6.26 Å². The molecule has 0 unspecified atom stereocenters. The second-order valence-corrected chi connectivity index (χ2v) is 6.23. The minimum absolute atomic E-state index is 0.240. The molecule has 0 saturated heterocycles. The molecule has 0 aliphatic heterocycles. The predicted molar refractivity (Wildman–Crippen MR) is 77.2 cm³/mol. The van der Waals surface area contributed by atoms with Gasteiger partial charge in [-0.2, -0.15) is 0 Å². The van der Waals surface area contributed by atoms with Crippen LogP contribution in [0.4, 0.5) is 5.69 Å². The third-order valence-electron chi connectivity index (χ3n) is 2.56. The zero-order valence-corrected chi connectivity index (χ0v) is 12.7. The highest BCUT2D eigenvalue weighted by Gasteiger charge is 2.18. The van der Waals surface area contributed by atoms with Gasteiger partial charge in [0, 0.05) is 18.1 Å². The summed E-state index contributed by atoms with van der Waals surface area (Å²) < 4.78 is 24.9. The predicted octanol–water partition coefficient (Wildman–Crippen LogP) is 2.19. The Hall–Kier alpha value is -1.27. The standard InChI is InChI=1S/C12H17ClN2O3S/c1-4-15(5-2)12(16)10-8-9(13)6-7-11(10)14-19(3,17)18/h6-8,14H,4-5H2,1-3H3. The molecular formula is C12H17ClN2O3S. The van der Waals surface area contributed by atoms with E-state index in [9.17, 15) is 13.2 Å². The van der Waals surface area contributed by atoms with Gasteiger partial charge in [-0.05, 0) is 32.0 Å². The molecule has 0 saturated carbocycles. The van der Waals surface area contributed by atoms with Gasteiger partial charge >= 0.3 is 0 Å². The largest absolute Gasteiger partial charge is 0.339 e. The minimum Gasteiger partial charge on any atom is -0.339 e. The molecule has 0 spiro atoms. The van der Waals surface area contributed by atoms with E-state index in [1.807, 2.05) is 13.8 Å². The number of carbonyl (C=O) groups is 1. The molecule has 0 aliphatic rings. The zero-order chi connectivity index (χ0) is 14.6. The Morgan fingerprint density at radius 3 is 2.37 bits per heavy atom. The third kappa shape index (κ3) is 4.40. The van der Waals surface area contributed by atoms with Crippen molar-refractivity contribution in [1.29, 1.82) is 0 Å². The van der Waals surface area contributed by atoms with Crippen molar-refractivity contribution in [2.45, 2.75) is 13.8 Å². The van der Waals surface area contributed by atoms with Crippen LogP contribution < -0.4 is 4.72 Å². The van der Waals surface area contributed by atoms with Crippen molar-refractivity contribution in [2.24, 2.45) is 0 Å². The van der Waals surface area contributed by atoms with E-state index in [0.29, 0.717) is 18.1 Å². The zero-order valence-electron chi connectivity index (χ0n) is 11.1. The number of sulfonamides is 1. The second kappa shape index (κ2) is 6.25. The summed E-state index contributed by atoms with van der Waals surface area (Å²) in [6, 6.07) is 4.49. The van der Waals surface area contributed by atoms with Crippen molar-refractivity contribution in [1.82, 2.24) is 4.90 Å². The summed E-state index contributed by atoms with van der Waals surface area (Å²) >= 11 is 5.88. The van der Waals surface area contributed by atoms with E-state index in [1.54, 1.807) is 4.90 Å². The van der Waals surface area contributed by atoms with Gasteiger partial charge in [0.1, 0.15) is 0 Å². The Morgan fingerprint density at radius 1 is 1.32 bits per heavy atom. The molecule has 0 fully saturated rings. The Labute approximate surface area is 118 Å². The maximum atomic E-state index is 12.3. The number of halogens is 1. The molecule has 5 nitrogen and oxygen atoms in total. The van der Waals surface area contributed by atoms with E-state index in [-0.39, 0.29) is 17.2 Å². The van der Waals surface area contributed by atoms with Gasteiger partial charge in [0.2, 0.25) is 10.0 Å². The Morgan fingerprint density at radius 2 is 1.89 bits per heavy atom. The SMILES string of the molecule is CCN(CC)C(=O)c1cc(Cl)ccc1NS(C)(=O)=O. The maximum absolute atomic E-state index is 12.3. The van der Waals surface area contributed by atoms with Crippen molar-refractivity contribution in [3.05, 3.63) is 28.8 Å². The quantitative estimate of drug-likeness (QED) is 0.907. The fourth-order valence-electron chi connectivity index (χ4n) is 1.66. The lowest BCUT2D eigenvalue weighted by Crippen LogP contribution is -2.31. The average molecular weight is 305 g/mol. The summed E-state index contributed by atoms with van der Waals surface area (Å²) in [5, 5.41) is 0.384. The van der Waals surface area contributed by atoms with Crippen LogP contribution in [0.2, 0.25) is 5.02 Å². The fraction of sp³-hybridized carbons (Fsp3) is 0.417. The van der Waals surface area contributed by atoms with Crippen LogP contribution in [0.3, 0.4) is 0 Å². The number of hydrogen-bond donors (Lipinski definition) is 1. The van der Waals surface area contributed by atoms with Crippen molar-refractivity contribution < 1.29 is 13.2 Å². The third-order valence-corrected chi connectivity index (χ3v) is 3.38. The van der Waals surface area contributed by atoms with Gasteiger partial charge in [0.05, 0.1) is 17.5 Å². The molecule has 7 heteroatoms. The van der Waals surface area contributed by atoms with Crippen molar-refractivity contribution in [3.63, 3.8) is 0 Å². The first-order valence-electron chi connectivity index (χ1n) is 5.85. The van der Waals surface area contributed by atoms with E-state index < -0.39 is 10.0 Å². The summed E-state index contributed by atoms with van der Waals surface area (Å²) in [4.78, 5) is 13.9. The first kappa shape index (κ1) is 15.8. The van der Waals surface area contributed by atoms with E-state index in [2.05, 4.69) is 4.72 Å². The molecule has 0 bridgehead atoms. The van der Waals surface area contributed by atoms with Crippen LogP contribution in [0, 0.1) is 0 Å². The van der Waals surface area contributed by atoms with Gasteiger partial charge < -0.3 is 4.90 Å². The van der Waals surface area contributed by atoms with Gasteiger partial charge in [-0.15, -0.1) is 0 Å². The number of nitrogens with one attached hydrogen (secondary N) is 1. The highest BCUT2D eigenvalue weighted by Crippen LogP contribution is 2.23. The first-order chi connectivity index (χ1) is 8.78. The molecular weight excluding hydrogens is 288 g/mol. The Bertz CT molecular complexity index is 568. The van der Waals surface area contributed by atoms with Crippen LogP contribution in [-0.2, 0) is 10.0 Å². The van der Waals surface area contributed by atoms with E-state index in [4.69, 9.17) is 11.6 Å². The van der Waals surface area contributed by atoms with E-state index in [1.165, 1.54) is 18.2 Å². The molecule has 1 rings (SSSR count). The summed E-state index contributed by atoms with van der Waals surface area (Å²) in [6.45, 7) is 4.80. The Balaban J connectivity index is 3.24. The van der Waals surface area contributed by atoms with Crippen molar-refractivity contribution in [2.75, 3.05) is 24.1 Å². The van der Waals surface area contributed by atoms with Crippen LogP contribution in [0.15, 0.2) is 18.2 Å². The monoisotopic (exact) mass is 304 g/mol. The molecule has 0 heterocycles. The van der Waals surface area contributed by atoms with Gasteiger partial charge in [-0.3, -0.25) is 9.52 Å². The summed E-state index contributed by atoms with van der Waals surface area (Å²) in [5.74, 6) is -0.251. The number of benzene rings is 1. The summed E-state index contributed by atoms with van der Waals surface area (Å²) in [5.41, 5.74) is 0.491. The molecule has 0 aliphatic carbocycles. The molecule has 1 aromatic carbocycles. The second-order valence-electron chi connectivity index (χ2n) is 4.04. The van der Waals surface area contributed by atoms with Crippen molar-refractivity contribution in [3.8, 4) is 0 Å².